The molecule has 2 fully saturated rings. The minimum absolute atomic E-state index is 0.0601. The number of nitro benzene ring substituents is 2. The predicted molar refractivity (Wildman–Crippen MR) is 134 cm³/mol. The number of anilines is 1. The normalized spacial score (nSPS) is 23.2. The molecule has 0 unspecified atom stereocenters. The second-order valence-corrected chi connectivity index (χ2v) is 9.29. The Morgan fingerprint density at radius 3 is 2.18 bits per heavy atom. The summed E-state index contributed by atoms with van der Waals surface area (Å²) < 4.78 is 0. The van der Waals surface area contributed by atoms with E-state index < -0.39 is 51.4 Å². The number of ketones is 1. The maximum absolute atomic E-state index is 13.9. The van der Waals surface area contributed by atoms with E-state index in [1.54, 1.807) is 11.1 Å². The molecule has 0 N–H and O–H groups in total. The van der Waals surface area contributed by atoms with Gasteiger partial charge in [-0.15, -0.1) is 0 Å². The highest BCUT2D eigenvalue weighted by Gasteiger charge is 2.64. The molecular weight excluding hydrogens is 492 g/mol. The van der Waals surface area contributed by atoms with Crippen molar-refractivity contribution in [1.82, 2.24) is 4.90 Å². The zero-order valence-corrected chi connectivity index (χ0v) is 19.5. The van der Waals surface area contributed by atoms with Crippen LogP contribution in [0.2, 0.25) is 0 Å². The summed E-state index contributed by atoms with van der Waals surface area (Å²) in [6.45, 7) is 0. The second kappa shape index (κ2) is 8.44. The molecule has 0 saturated carbocycles. The number of rotatable bonds is 5. The first kappa shape index (κ1) is 23.2. The van der Waals surface area contributed by atoms with E-state index in [0.29, 0.717) is 0 Å². The summed E-state index contributed by atoms with van der Waals surface area (Å²) in [4.78, 5) is 65.5. The number of nitrogens with zero attached hydrogens (tertiary/aromatic N) is 4. The molecule has 3 aliphatic rings. The Labute approximate surface area is 214 Å². The van der Waals surface area contributed by atoms with Crippen LogP contribution >= 0.6 is 0 Å². The van der Waals surface area contributed by atoms with Crippen molar-refractivity contribution in [3.05, 3.63) is 116 Å². The van der Waals surface area contributed by atoms with Crippen molar-refractivity contribution in [3.8, 4) is 0 Å². The topological polar surface area (TPSA) is 144 Å². The van der Waals surface area contributed by atoms with Crippen LogP contribution in [0.1, 0.15) is 27.5 Å². The van der Waals surface area contributed by atoms with Gasteiger partial charge in [0.25, 0.3) is 11.4 Å². The molecule has 0 aromatic heterocycles. The van der Waals surface area contributed by atoms with Crippen LogP contribution in [0.3, 0.4) is 0 Å². The standard InChI is InChI=1S/C27H18N4O7/c32-25(16-5-3-6-19(14-16)31(37)38)24-22-21(23-20-7-2-1-4-15(20)12-13-28(23)24)26(33)29(27(22)34)17-8-10-18(11-9-17)30(35)36/h1-14,21-24H/t21-,22-,23-,24+/m0/s1. The molecule has 3 aromatic rings. The molecule has 0 spiro atoms. The zero-order valence-electron chi connectivity index (χ0n) is 19.5. The van der Waals surface area contributed by atoms with Gasteiger partial charge >= 0.3 is 0 Å². The molecular formula is C27H18N4O7. The van der Waals surface area contributed by atoms with E-state index in [9.17, 15) is 34.6 Å². The van der Waals surface area contributed by atoms with E-state index in [-0.39, 0.29) is 22.6 Å². The van der Waals surface area contributed by atoms with Gasteiger partial charge in [-0.05, 0) is 29.3 Å². The third-order valence-electron chi connectivity index (χ3n) is 7.39. The highest BCUT2D eigenvalue weighted by atomic mass is 16.6. The van der Waals surface area contributed by atoms with Crippen molar-refractivity contribution in [2.45, 2.75) is 12.1 Å². The van der Waals surface area contributed by atoms with Crippen LogP contribution in [0, 0.1) is 32.1 Å². The molecule has 2 saturated heterocycles. The first-order chi connectivity index (χ1) is 18.3. The maximum atomic E-state index is 13.9. The van der Waals surface area contributed by atoms with E-state index >= 15 is 0 Å². The first-order valence-corrected chi connectivity index (χ1v) is 11.7. The van der Waals surface area contributed by atoms with Gasteiger partial charge in [0.15, 0.2) is 5.78 Å². The molecule has 4 atom stereocenters. The van der Waals surface area contributed by atoms with Gasteiger partial charge in [-0.3, -0.25) is 34.6 Å². The summed E-state index contributed by atoms with van der Waals surface area (Å²) >= 11 is 0. The number of imide groups is 1. The molecule has 2 amide bonds. The maximum Gasteiger partial charge on any atom is 0.270 e. The SMILES string of the molecule is O=C(c1cccc([N+](=O)[O-])c1)[C@H]1[C@H]2C(=O)N(c3ccc([N+](=O)[O-])cc3)C(=O)[C@@H]2[C@@H]2c3ccccc3C=CN12. The van der Waals surface area contributed by atoms with Crippen LogP contribution < -0.4 is 4.90 Å². The Balaban J connectivity index is 1.47. The van der Waals surface area contributed by atoms with Crippen LogP contribution in [0.15, 0.2) is 79.0 Å². The van der Waals surface area contributed by atoms with Gasteiger partial charge in [0, 0.05) is 36.0 Å². The lowest BCUT2D eigenvalue weighted by Crippen LogP contribution is -2.44. The zero-order chi connectivity index (χ0) is 26.7. The fourth-order valence-electron chi connectivity index (χ4n) is 5.78. The van der Waals surface area contributed by atoms with Crippen LogP contribution in [0.4, 0.5) is 17.1 Å². The Morgan fingerprint density at radius 1 is 0.789 bits per heavy atom. The van der Waals surface area contributed by atoms with E-state index in [1.807, 2.05) is 30.3 Å². The molecule has 11 heteroatoms. The van der Waals surface area contributed by atoms with Gasteiger partial charge in [-0.25, -0.2) is 4.90 Å². The third kappa shape index (κ3) is 3.32. The summed E-state index contributed by atoms with van der Waals surface area (Å²) in [6, 6.07) is 16.1. The molecule has 3 aliphatic heterocycles. The number of amides is 2. The Bertz CT molecular complexity index is 1580. The number of Topliss-reactive ketones (excluding diaryl/α,β-unsaturated/α-hetero) is 1. The van der Waals surface area contributed by atoms with Gasteiger partial charge in [0.2, 0.25) is 11.8 Å². The van der Waals surface area contributed by atoms with Gasteiger partial charge in [0.05, 0.1) is 33.4 Å². The average molecular weight is 510 g/mol. The first-order valence-electron chi connectivity index (χ1n) is 11.7. The molecule has 0 radical (unpaired) electrons. The lowest BCUT2D eigenvalue weighted by molar-refractivity contribution is -0.385. The molecule has 38 heavy (non-hydrogen) atoms. The van der Waals surface area contributed by atoms with Crippen molar-refractivity contribution in [3.63, 3.8) is 0 Å². The monoisotopic (exact) mass is 510 g/mol. The number of hydrogen-bond donors (Lipinski definition) is 0. The highest BCUT2D eigenvalue weighted by molar-refractivity contribution is 6.24. The number of fused-ring (bicyclic) bond motifs is 5. The van der Waals surface area contributed by atoms with Crippen LogP contribution in [-0.4, -0.2) is 38.4 Å². The summed E-state index contributed by atoms with van der Waals surface area (Å²) in [6.07, 6.45) is 3.51. The number of non-ortho nitro benzene ring substituents is 2. The Kier molecular flexibility index (Phi) is 5.16. The number of benzene rings is 3. The third-order valence-corrected chi connectivity index (χ3v) is 7.39. The number of carbonyl (C=O) groups excluding carboxylic acids is 3. The summed E-state index contributed by atoms with van der Waals surface area (Å²) in [5, 5.41) is 22.4. The minimum atomic E-state index is -1.09. The lowest BCUT2D eigenvalue weighted by Gasteiger charge is -2.35. The van der Waals surface area contributed by atoms with Crippen molar-refractivity contribution < 1.29 is 24.2 Å². The summed E-state index contributed by atoms with van der Waals surface area (Å²) in [5.41, 5.74) is 1.42. The highest BCUT2D eigenvalue weighted by Crippen LogP contribution is 2.53. The molecule has 3 aromatic carbocycles. The molecule has 6 rings (SSSR count). The van der Waals surface area contributed by atoms with Crippen molar-refractivity contribution >= 4 is 40.7 Å². The van der Waals surface area contributed by atoms with Gasteiger partial charge in [0.1, 0.15) is 6.04 Å². The Hall–Kier alpha value is -5.19. The summed E-state index contributed by atoms with van der Waals surface area (Å²) in [5.74, 6) is -3.59. The van der Waals surface area contributed by atoms with Crippen LogP contribution in [0.25, 0.3) is 6.08 Å². The largest absolute Gasteiger partial charge is 0.358 e. The quantitative estimate of drug-likeness (QED) is 0.218. The second-order valence-electron chi connectivity index (χ2n) is 9.29. The minimum Gasteiger partial charge on any atom is -0.358 e. The molecule has 188 valence electrons. The number of carbonyl (C=O) groups is 3. The van der Waals surface area contributed by atoms with Gasteiger partial charge in [-0.2, -0.15) is 0 Å². The van der Waals surface area contributed by atoms with Crippen LogP contribution in [-0.2, 0) is 9.59 Å². The smallest absolute Gasteiger partial charge is 0.270 e. The molecule has 11 nitrogen and oxygen atoms in total. The molecule has 0 aliphatic carbocycles. The van der Waals surface area contributed by atoms with Crippen molar-refractivity contribution in [1.29, 1.82) is 0 Å². The average Bonchev–Trinajstić information content (AvgIpc) is 3.40. The Morgan fingerprint density at radius 2 is 1.47 bits per heavy atom. The van der Waals surface area contributed by atoms with E-state index in [1.165, 1.54) is 48.5 Å². The van der Waals surface area contributed by atoms with E-state index in [0.717, 1.165) is 16.0 Å². The molecule has 0 bridgehead atoms. The fraction of sp³-hybridized carbons (Fsp3) is 0.148. The van der Waals surface area contributed by atoms with Crippen molar-refractivity contribution in [2.75, 3.05) is 4.90 Å². The summed E-state index contributed by atoms with van der Waals surface area (Å²) in [7, 11) is 0. The number of hydrogen-bond acceptors (Lipinski definition) is 8. The van der Waals surface area contributed by atoms with E-state index in [2.05, 4.69) is 0 Å². The van der Waals surface area contributed by atoms with E-state index in [4.69, 9.17) is 0 Å². The predicted octanol–water partition coefficient (Wildman–Crippen LogP) is 3.90. The molecule has 3 heterocycles. The van der Waals surface area contributed by atoms with Gasteiger partial charge in [-0.1, -0.05) is 36.4 Å². The fourth-order valence-corrected chi connectivity index (χ4v) is 5.78. The van der Waals surface area contributed by atoms with Gasteiger partial charge < -0.3 is 4.90 Å². The van der Waals surface area contributed by atoms with Crippen LogP contribution in [0.5, 0.6) is 0 Å². The lowest BCUT2D eigenvalue weighted by atomic mass is 9.83. The van der Waals surface area contributed by atoms with Crippen molar-refractivity contribution in [2.24, 2.45) is 11.8 Å². The number of nitro groups is 2.